The highest BCUT2D eigenvalue weighted by molar-refractivity contribution is 5.28. The lowest BCUT2D eigenvalue weighted by Crippen LogP contribution is -2.41. The van der Waals surface area contributed by atoms with E-state index in [1.165, 1.54) is 57.5 Å². The van der Waals surface area contributed by atoms with Gasteiger partial charge in [-0.05, 0) is 67.9 Å². The van der Waals surface area contributed by atoms with E-state index in [2.05, 4.69) is 29.3 Å². The number of phenolic OH excluding ortho intramolecular Hbond substituents is 1. The normalized spacial score (nSPS) is 28.9. The monoisotopic (exact) mass is 274 g/mol. The van der Waals surface area contributed by atoms with E-state index in [1.807, 2.05) is 12.1 Å². The van der Waals surface area contributed by atoms with Gasteiger partial charge in [0.2, 0.25) is 0 Å². The zero-order chi connectivity index (χ0) is 14.0. The molecule has 3 nitrogen and oxygen atoms in total. The lowest BCUT2D eigenvalue weighted by atomic mass is 9.86. The highest BCUT2D eigenvalue weighted by atomic mass is 16.3. The van der Waals surface area contributed by atoms with Crippen LogP contribution in [-0.2, 0) is 0 Å². The number of likely N-dealkylation sites (tertiary alicyclic amines) is 1. The average molecular weight is 274 g/mol. The fraction of sp³-hybridized carbons (Fsp3) is 0.647. The van der Waals surface area contributed by atoms with Gasteiger partial charge in [0, 0.05) is 13.1 Å². The van der Waals surface area contributed by atoms with Gasteiger partial charge in [-0.1, -0.05) is 19.1 Å². The van der Waals surface area contributed by atoms with Crippen LogP contribution in [0.4, 0.5) is 0 Å². The van der Waals surface area contributed by atoms with E-state index in [0.717, 1.165) is 0 Å². The molecule has 0 aliphatic carbocycles. The number of nitrogens with one attached hydrogen (secondary N) is 1. The van der Waals surface area contributed by atoms with E-state index < -0.39 is 0 Å². The zero-order valence-corrected chi connectivity index (χ0v) is 12.4. The quantitative estimate of drug-likeness (QED) is 0.889. The molecule has 0 spiro atoms. The van der Waals surface area contributed by atoms with Gasteiger partial charge in [0.15, 0.2) is 0 Å². The van der Waals surface area contributed by atoms with Crippen LogP contribution in [0.2, 0.25) is 0 Å². The van der Waals surface area contributed by atoms with Crippen molar-refractivity contribution in [3.8, 4) is 5.75 Å². The summed E-state index contributed by atoms with van der Waals surface area (Å²) in [5, 5.41) is 12.9. The molecule has 2 N–H and O–H groups in total. The third kappa shape index (κ3) is 3.15. The molecule has 0 bridgehead atoms. The van der Waals surface area contributed by atoms with Crippen molar-refractivity contribution >= 4 is 0 Å². The Balaban J connectivity index is 1.53. The predicted octanol–water partition coefficient (Wildman–Crippen LogP) is 2.57. The Morgan fingerprint density at radius 3 is 2.55 bits per heavy atom. The van der Waals surface area contributed by atoms with Gasteiger partial charge in [0.25, 0.3) is 0 Å². The molecule has 0 saturated carbocycles. The summed E-state index contributed by atoms with van der Waals surface area (Å²) in [4.78, 5) is 2.64. The molecular weight excluding hydrogens is 248 g/mol. The van der Waals surface area contributed by atoms with Gasteiger partial charge in [-0.15, -0.1) is 0 Å². The minimum atomic E-state index is 0.368. The highest BCUT2D eigenvalue weighted by Crippen LogP contribution is 2.32. The molecule has 2 heterocycles. The van der Waals surface area contributed by atoms with Crippen LogP contribution in [0, 0.1) is 5.41 Å². The van der Waals surface area contributed by atoms with Gasteiger partial charge in [-0.3, -0.25) is 0 Å². The van der Waals surface area contributed by atoms with Gasteiger partial charge in [0.1, 0.15) is 5.75 Å². The summed E-state index contributed by atoms with van der Waals surface area (Å²) >= 11 is 0. The van der Waals surface area contributed by atoms with Crippen LogP contribution in [0.25, 0.3) is 0 Å². The number of rotatable bonds is 3. The second-order valence-electron chi connectivity index (χ2n) is 6.88. The highest BCUT2D eigenvalue weighted by Gasteiger charge is 2.32. The van der Waals surface area contributed by atoms with Crippen LogP contribution in [0.15, 0.2) is 24.3 Å². The Hall–Kier alpha value is -1.06. The Bertz CT molecular complexity index is 429. The third-order valence-corrected chi connectivity index (χ3v) is 5.01. The summed E-state index contributed by atoms with van der Waals surface area (Å²) in [7, 11) is 0. The molecular formula is C17H26N2O. The van der Waals surface area contributed by atoms with Crippen molar-refractivity contribution in [2.24, 2.45) is 5.41 Å². The molecule has 0 aromatic heterocycles. The first-order valence-corrected chi connectivity index (χ1v) is 7.87. The molecule has 1 aromatic rings. The summed E-state index contributed by atoms with van der Waals surface area (Å²) < 4.78 is 0. The molecule has 2 aliphatic rings. The number of hydrogen-bond acceptors (Lipinski definition) is 3. The lowest BCUT2D eigenvalue weighted by Gasteiger charge is -2.37. The predicted molar refractivity (Wildman–Crippen MR) is 82.1 cm³/mol. The number of nitrogens with zero attached hydrogens (tertiary/aromatic N) is 1. The first kappa shape index (κ1) is 13.9. The number of hydrogen-bond donors (Lipinski definition) is 2. The number of aromatic hydroxyl groups is 1. The second-order valence-corrected chi connectivity index (χ2v) is 6.88. The van der Waals surface area contributed by atoms with Gasteiger partial charge < -0.3 is 15.3 Å². The Labute approximate surface area is 122 Å². The summed E-state index contributed by atoms with van der Waals surface area (Å²) in [5.41, 5.74) is 1.86. The molecule has 110 valence electrons. The fourth-order valence-corrected chi connectivity index (χ4v) is 3.71. The Kier molecular flexibility index (Phi) is 3.99. The van der Waals surface area contributed by atoms with Crippen molar-refractivity contribution in [2.75, 3.05) is 32.7 Å². The average Bonchev–Trinajstić information content (AvgIpc) is 2.87. The van der Waals surface area contributed by atoms with Crippen LogP contribution in [-0.4, -0.2) is 42.7 Å². The van der Waals surface area contributed by atoms with E-state index in [9.17, 15) is 5.11 Å². The van der Waals surface area contributed by atoms with E-state index in [0.29, 0.717) is 17.1 Å². The molecule has 2 aliphatic heterocycles. The summed E-state index contributed by atoms with van der Waals surface area (Å²) in [6.07, 6.45) is 3.80. The van der Waals surface area contributed by atoms with Gasteiger partial charge in [-0.2, -0.15) is 0 Å². The third-order valence-electron chi connectivity index (χ3n) is 5.01. The minimum Gasteiger partial charge on any atom is -0.508 e. The smallest absolute Gasteiger partial charge is 0.115 e. The van der Waals surface area contributed by atoms with Crippen LogP contribution in [0.5, 0.6) is 5.75 Å². The standard InChI is InChI=1S/C17H26N2O/c1-17(8-9-18-12-17)13-19-10-6-15(7-11-19)14-2-4-16(20)5-3-14/h2-5,15,18,20H,6-13H2,1H3. The van der Waals surface area contributed by atoms with E-state index >= 15 is 0 Å². The van der Waals surface area contributed by atoms with Gasteiger partial charge in [-0.25, -0.2) is 0 Å². The van der Waals surface area contributed by atoms with Crippen molar-refractivity contribution < 1.29 is 5.11 Å². The number of phenols is 1. The van der Waals surface area contributed by atoms with Crippen LogP contribution in [0.3, 0.4) is 0 Å². The first-order valence-electron chi connectivity index (χ1n) is 7.87. The van der Waals surface area contributed by atoms with Crippen LogP contribution in [0.1, 0.15) is 37.7 Å². The van der Waals surface area contributed by atoms with Crippen LogP contribution < -0.4 is 5.32 Å². The van der Waals surface area contributed by atoms with Gasteiger partial charge >= 0.3 is 0 Å². The first-order chi connectivity index (χ1) is 9.65. The molecule has 1 unspecified atom stereocenters. The van der Waals surface area contributed by atoms with Crippen molar-refractivity contribution in [3.63, 3.8) is 0 Å². The van der Waals surface area contributed by atoms with Crippen molar-refractivity contribution in [1.82, 2.24) is 10.2 Å². The molecule has 0 amide bonds. The van der Waals surface area contributed by atoms with E-state index in [4.69, 9.17) is 0 Å². The van der Waals surface area contributed by atoms with Crippen molar-refractivity contribution in [3.05, 3.63) is 29.8 Å². The fourth-order valence-electron chi connectivity index (χ4n) is 3.71. The Morgan fingerprint density at radius 1 is 1.25 bits per heavy atom. The van der Waals surface area contributed by atoms with E-state index in [1.54, 1.807) is 0 Å². The molecule has 2 saturated heterocycles. The second kappa shape index (κ2) is 5.74. The maximum absolute atomic E-state index is 9.37. The molecule has 2 fully saturated rings. The van der Waals surface area contributed by atoms with E-state index in [-0.39, 0.29) is 0 Å². The maximum atomic E-state index is 9.37. The molecule has 20 heavy (non-hydrogen) atoms. The van der Waals surface area contributed by atoms with Crippen LogP contribution >= 0.6 is 0 Å². The molecule has 3 heteroatoms. The SMILES string of the molecule is CC1(CN2CCC(c3ccc(O)cc3)CC2)CCNC1. The van der Waals surface area contributed by atoms with Crippen molar-refractivity contribution in [2.45, 2.75) is 32.1 Å². The van der Waals surface area contributed by atoms with Crippen molar-refractivity contribution in [1.29, 1.82) is 0 Å². The number of benzene rings is 1. The zero-order valence-electron chi connectivity index (χ0n) is 12.4. The summed E-state index contributed by atoms with van der Waals surface area (Å²) in [6, 6.07) is 7.79. The maximum Gasteiger partial charge on any atom is 0.115 e. The summed E-state index contributed by atoms with van der Waals surface area (Å²) in [6.45, 7) is 8.43. The summed E-state index contributed by atoms with van der Waals surface area (Å²) in [5.74, 6) is 1.04. The lowest BCUT2D eigenvalue weighted by molar-refractivity contribution is 0.144. The molecule has 1 atom stereocenters. The molecule has 1 aromatic carbocycles. The topological polar surface area (TPSA) is 35.5 Å². The minimum absolute atomic E-state index is 0.368. The van der Waals surface area contributed by atoms with Gasteiger partial charge in [0.05, 0.1) is 0 Å². The number of piperidine rings is 1. The molecule has 0 radical (unpaired) electrons. The molecule has 3 rings (SSSR count). The largest absolute Gasteiger partial charge is 0.508 e. The Morgan fingerprint density at radius 2 is 1.95 bits per heavy atom.